The van der Waals surface area contributed by atoms with E-state index in [1.54, 1.807) is 44.4 Å². The average Bonchev–Trinajstić information content (AvgIpc) is 2.95. The number of carbonyl (C=O) groups is 2. The summed E-state index contributed by atoms with van der Waals surface area (Å²) in [6, 6.07) is 18.2. The van der Waals surface area contributed by atoms with Crippen LogP contribution >= 0.6 is 0 Å². The van der Waals surface area contributed by atoms with Crippen LogP contribution in [0.2, 0.25) is 0 Å². The van der Waals surface area contributed by atoms with Gasteiger partial charge in [-0.3, -0.25) is 0 Å². The van der Waals surface area contributed by atoms with E-state index in [2.05, 4.69) is 18.4 Å². The first-order chi connectivity index (χ1) is 19.3. The zero-order valence-electron chi connectivity index (χ0n) is 23.7. The number of methoxy groups -OCH3 is 1. The Balaban J connectivity index is 1.44. The average molecular weight is 541 g/mol. The van der Waals surface area contributed by atoms with Crippen molar-refractivity contribution in [2.45, 2.75) is 46.5 Å². The van der Waals surface area contributed by atoms with Gasteiger partial charge in [-0.05, 0) is 118 Å². The highest BCUT2D eigenvalue weighted by Crippen LogP contribution is 2.22. The maximum Gasteiger partial charge on any atom is 0.343 e. The van der Waals surface area contributed by atoms with Gasteiger partial charge in [0, 0.05) is 16.7 Å². The van der Waals surface area contributed by atoms with Crippen LogP contribution in [0.4, 0.5) is 0 Å². The van der Waals surface area contributed by atoms with Crippen molar-refractivity contribution in [2.24, 2.45) is 0 Å². The molecule has 0 radical (unpaired) electrons. The smallest absolute Gasteiger partial charge is 0.343 e. The van der Waals surface area contributed by atoms with E-state index in [9.17, 15) is 9.59 Å². The first-order valence-corrected chi connectivity index (χ1v) is 13.3. The molecule has 0 heterocycles. The summed E-state index contributed by atoms with van der Waals surface area (Å²) in [7, 11) is 1.64. The Hall–Kier alpha value is -4.50. The van der Waals surface area contributed by atoms with Crippen LogP contribution in [-0.2, 0) is 9.53 Å². The zero-order chi connectivity index (χ0) is 28.9. The van der Waals surface area contributed by atoms with Crippen molar-refractivity contribution in [1.82, 2.24) is 0 Å². The predicted molar refractivity (Wildman–Crippen MR) is 156 cm³/mol. The van der Waals surface area contributed by atoms with Crippen molar-refractivity contribution >= 4 is 11.9 Å². The Morgan fingerprint density at radius 2 is 1.50 bits per heavy atom. The van der Waals surface area contributed by atoms with Gasteiger partial charge in [0.2, 0.25) is 0 Å². The fraction of sp³-hybridized carbons (Fsp3) is 0.294. The molecule has 0 amide bonds. The van der Waals surface area contributed by atoms with Crippen LogP contribution in [0.15, 0.2) is 72.8 Å². The van der Waals surface area contributed by atoms with Gasteiger partial charge in [0.15, 0.2) is 0 Å². The lowest BCUT2D eigenvalue weighted by atomic mass is 10.1. The molecule has 0 bridgehead atoms. The largest absolute Gasteiger partial charge is 0.497 e. The van der Waals surface area contributed by atoms with E-state index in [1.807, 2.05) is 44.2 Å². The molecule has 0 aliphatic rings. The summed E-state index contributed by atoms with van der Waals surface area (Å²) in [5.74, 6) is 7.57. The third-order valence-corrected chi connectivity index (χ3v) is 6.13. The zero-order valence-corrected chi connectivity index (χ0v) is 23.7. The number of unbranched alkanes of at least 4 members (excludes halogenated alkanes) is 3. The Morgan fingerprint density at radius 3 is 2.15 bits per heavy atom. The van der Waals surface area contributed by atoms with Crippen molar-refractivity contribution in [3.63, 3.8) is 0 Å². The molecule has 0 aliphatic carbocycles. The van der Waals surface area contributed by atoms with Gasteiger partial charge in [0.25, 0.3) is 0 Å². The van der Waals surface area contributed by atoms with E-state index in [-0.39, 0.29) is 5.97 Å². The minimum Gasteiger partial charge on any atom is -0.497 e. The van der Waals surface area contributed by atoms with Gasteiger partial charge in [-0.1, -0.05) is 18.4 Å². The molecule has 0 atom stereocenters. The van der Waals surface area contributed by atoms with Crippen LogP contribution in [0.25, 0.3) is 0 Å². The fourth-order valence-electron chi connectivity index (χ4n) is 3.77. The molecule has 3 aromatic carbocycles. The lowest BCUT2D eigenvalue weighted by Crippen LogP contribution is -2.09. The van der Waals surface area contributed by atoms with Crippen LogP contribution in [0, 0.1) is 25.7 Å². The van der Waals surface area contributed by atoms with Gasteiger partial charge in [-0.15, -0.1) is 0 Å². The highest BCUT2D eigenvalue weighted by molar-refractivity contribution is 5.91. The predicted octanol–water partition coefficient (Wildman–Crippen LogP) is 6.99. The molecule has 0 aliphatic heterocycles. The molecule has 0 N–H and O–H groups in total. The number of carbonyl (C=O) groups excluding carboxylic acids is 2. The Morgan fingerprint density at radius 1 is 0.800 bits per heavy atom. The third kappa shape index (κ3) is 9.36. The molecule has 0 fully saturated rings. The van der Waals surface area contributed by atoms with Gasteiger partial charge in [-0.2, -0.15) is 0 Å². The summed E-state index contributed by atoms with van der Waals surface area (Å²) in [6.07, 6.45) is 3.62. The monoisotopic (exact) mass is 540 g/mol. The molecule has 6 heteroatoms. The lowest BCUT2D eigenvalue weighted by molar-refractivity contribution is -0.139. The molecule has 6 nitrogen and oxygen atoms in total. The minimum absolute atomic E-state index is 0.342. The number of hydrogen-bond donors (Lipinski definition) is 0. The van der Waals surface area contributed by atoms with Crippen LogP contribution in [0.3, 0.4) is 0 Å². The summed E-state index contributed by atoms with van der Waals surface area (Å²) in [5, 5.41) is 0. The van der Waals surface area contributed by atoms with E-state index in [0.717, 1.165) is 53.7 Å². The number of ether oxygens (including phenoxy) is 4. The molecule has 208 valence electrons. The van der Waals surface area contributed by atoms with Gasteiger partial charge < -0.3 is 18.9 Å². The molecular formula is C34H36O6. The minimum atomic E-state index is -0.435. The molecule has 3 rings (SSSR count). The summed E-state index contributed by atoms with van der Waals surface area (Å²) >= 11 is 0. The van der Waals surface area contributed by atoms with Crippen molar-refractivity contribution in [2.75, 3.05) is 20.3 Å². The van der Waals surface area contributed by atoms with Crippen molar-refractivity contribution in [3.05, 3.63) is 101 Å². The second kappa shape index (κ2) is 15.2. The first-order valence-electron chi connectivity index (χ1n) is 13.3. The van der Waals surface area contributed by atoms with Crippen molar-refractivity contribution in [1.29, 1.82) is 0 Å². The van der Waals surface area contributed by atoms with Crippen LogP contribution in [-0.4, -0.2) is 32.3 Å². The van der Waals surface area contributed by atoms with Gasteiger partial charge >= 0.3 is 11.9 Å². The van der Waals surface area contributed by atoms with Crippen LogP contribution in [0.5, 0.6) is 17.2 Å². The molecule has 0 saturated heterocycles. The van der Waals surface area contributed by atoms with Crippen LogP contribution < -0.4 is 14.2 Å². The molecule has 0 aromatic heterocycles. The molecule has 40 heavy (non-hydrogen) atoms. The lowest BCUT2D eigenvalue weighted by Gasteiger charge is -2.09. The third-order valence-electron chi connectivity index (χ3n) is 6.13. The normalized spacial score (nSPS) is 10.2. The van der Waals surface area contributed by atoms with E-state index in [4.69, 9.17) is 18.9 Å². The summed E-state index contributed by atoms with van der Waals surface area (Å²) in [5.41, 5.74) is 4.48. The highest BCUT2D eigenvalue weighted by atomic mass is 16.5. The van der Waals surface area contributed by atoms with Crippen LogP contribution in [0.1, 0.15) is 65.2 Å². The van der Waals surface area contributed by atoms with E-state index < -0.39 is 5.97 Å². The number of benzene rings is 3. The highest BCUT2D eigenvalue weighted by Gasteiger charge is 2.11. The Kier molecular flexibility index (Phi) is 11.4. The van der Waals surface area contributed by atoms with E-state index in [1.165, 1.54) is 0 Å². The van der Waals surface area contributed by atoms with Gasteiger partial charge in [0.05, 0.1) is 25.9 Å². The van der Waals surface area contributed by atoms with Crippen molar-refractivity contribution < 1.29 is 28.5 Å². The number of hydrogen-bond acceptors (Lipinski definition) is 6. The standard InChI is InChI=1S/C34H36O6/c1-24(2)33(35)39-21-9-7-6-8-20-38-30-16-14-29(15-17-30)34(36)40-32-19-11-27(22-26(32)4)10-12-28-13-18-31(37-5)23-25(28)3/h11,13-19,22-23H,1,6-9,20-21H2,2-5H3. The van der Waals surface area contributed by atoms with Crippen molar-refractivity contribution in [3.8, 4) is 29.1 Å². The topological polar surface area (TPSA) is 71.1 Å². The summed E-state index contributed by atoms with van der Waals surface area (Å²) in [4.78, 5) is 24.0. The summed E-state index contributed by atoms with van der Waals surface area (Å²) in [6.45, 7) is 10.1. The second-order valence-electron chi connectivity index (χ2n) is 9.50. The van der Waals surface area contributed by atoms with Gasteiger partial charge in [-0.25, -0.2) is 9.59 Å². The van der Waals surface area contributed by atoms with E-state index in [0.29, 0.717) is 35.8 Å². The molecular weight excluding hydrogens is 504 g/mol. The first kappa shape index (κ1) is 30.0. The second-order valence-corrected chi connectivity index (χ2v) is 9.50. The van der Waals surface area contributed by atoms with E-state index >= 15 is 0 Å². The maximum atomic E-state index is 12.7. The fourth-order valence-corrected chi connectivity index (χ4v) is 3.77. The maximum absolute atomic E-state index is 12.7. The Labute approximate surface area is 236 Å². The Bertz CT molecular complexity index is 1390. The number of esters is 2. The molecule has 0 unspecified atom stereocenters. The summed E-state index contributed by atoms with van der Waals surface area (Å²) < 4.78 is 21.7. The van der Waals surface area contributed by atoms with Gasteiger partial charge in [0.1, 0.15) is 17.2 Å². The molecule has 3 aromatic rings. The number of rotatable bonds is 12. The number of aryl methyl sites for hydroxylation is 2. The SMILES string of the molecule is C=C(C)C(=O)OCCCCCCOc1ccc(C(=O)Oc2ccc(C#Cc3ccc(OC)cc3C)cc2C)cc1. The quantitative estimate of drug-likeness (QED) is 0.0811. The molecule has 0 spiro atoms. The molecule has 0 saturated carbocycles.